The minimum absolute atomic E-state index is 0.0710. The molecule has 27 heavy (non-hydrogen) atoms. The van der Waals surface area contributed by atoms with Crippen molar-refractivity contribution in [3.05, 3.63) is 68.7 Å². The monoisotopic (exact) mass is 436 g/mol. The van der Waals surface area contributed by atoms with Crippen molar-refractivity contribution >= 4 is 40.6 Å². The lowest BCUT2D eigenvalue weighted by atomic mass is 9.86. The summed E-state index contributed by atoms with van der Waals surface area (Å²) in [4.78, 5) is 12.6. The molecule has 2 aromatic rings. The smallest absolute Gasteiger partial charge is 0.376 e. The molecule has 2 nitrogen and oxygen atoms in total. The summed E-state index contributed by atoms with van der Waals surface area (Å²) >= 11 is 17.7. The van der Waals surface area contributed by atoms with Crippen LogP contribution >= 0.6 is 34.8 Å². The van der Waals surface area contributed by atoms with Crippen LogP contribution in [0.1, 0.15) is 45.3 Å². The standard InChI is InChI=1S/C19H14Cl3F3O2/c20-13-6-12(7-14(21)8-13)18(27,19(23,24)25)9-17(26)11-1-3-15-10(5-11)2-4-16(15)22/h1,3,5-8,16,27H,2,4,9H2/t16?,18-/m1/s1. The number of halogens is 6. The number of aliphatic hydroxyl groups is 1. The maximum Gasteiger partial charge on any atom is 0.421 e. The van der Waals surface area contributed by atoms with Gasteiger partial charge in [0.1, 0.15) is 0 Å². The highest BCUT2D eigenvalue weighted by Gasteiger charge is 2.56. The number of hydrogen-bond acceptors (Lipinski definition) is 2. The van der Waals surface area contributed by atoms with Gasteiger partial charge in [0.25, 0.3) is 0 Å². The molecule has 1 N–H and O–H groups in total. The Kier molecular flexibility index (Phi) is 5.52. The van der Waals surface area contributed by atoms with Crippen LogP contribution in [0, 0.1) is 0 Å². The van der Waals surface area contributed by atoms with E-state index in [1.807, 2.05) is 0 Å². The second-order valence-electron chi connectivity index (χ2n) is 6.54. The van der Waals surface area contributed by atoms with Gasteiger partial charge in [-0.3, -0.25) is 4.79 Å². The fourth-order valence-electron chi connectivity index (χ4n) is 3.23. The van der Waals surface area contributed by atoms with Crippen LogP contribution in [-0.2, 0) is 12.0 Å². The number of carbonyl (C=O) groups excluding carboxylic acids is 1. The molecule has 144 valence electrons. The van der Waals surface area contributed by atoms with Gasteiger partial charge in [0.05, 0.1) is 11.8 Å². The first-order valence-corrected chi connectivity index (χ1v) is 9.26. The van der Waals surface area contributed by atoms with Crippen LogP contribution in [-0.4, -0.2) is 17.1 Å². The Balaban J connectivity index is 1.97. The van der Waals surface area contributed by atoms with Gasteiger partial charge in [-0.25, -0.2) is 0 Å². The normalized spacial score (nSPS) is 18.9. The molecular formula is C19H14Cl3F3O2. The van der Waals surface area contributed by atoms with Gasteiger partial charge in [-0.1, -0.05) is 35.3 Å². The molecule has 0 heterocycles. The van der Waals surface area contributed by atoms with E-state index in [1.54, 1.807) is 12.1 Å². The largest absolute Gasteiger partial charge is 0.421 e. The van der Waals surface area contributed by atoms with Crippen LogP contribution in [0.15, 0.2) is 36.4 Å². The zero-order valence-electron chi connectivity index (χ0n) is 13.8. The van der Waals surface area contributed by atoms with Crippen LogP contribution in [0.25, 0.3) is 0 Å². The summed E-state index contributed by atoms with van der Waals surface area (Å²) in [5.41, 5.74) is -2.19. The van der Waals surface area contributed by atoms with Crippen LogP contribution in [0.2, 0.25) is 10.0 Å². The van der Waals surface area contributed by atoms with E-state index in [1.165, 1.54) is 12.1 Å². The molecule has 2 atom stereocenters. The second-order valence-corrected chi connectivity index (χ2v) is 7.94. The summed E-state index contributed by atoms with van der Waals surface area (Å²) in [6.45, 7) is 0. The quantitative estimate of drug-likeness (QED) is 0.454. The number of Topliss-reactive ketones (excluding diaryl/α,β-unsaturated/α-hetero) is 1. The van der Waals surface area contributed by atoms with Gasteiger partial charge in [-0.2, -0.15) is 13.2 Å². The lowest BCUT2D eigenvalue weighted by molar-refractivity contribution is -0.264. The van der Waals surface area contributed by atoms with Crippen molar-refractivity contribution in [2.45, 2.75) is 36.4 Å². The van der Waals surface area contributed by atoms with Crippen LogP contribution in [0.3, 0.4) is 0 Å². The van der Waals surface area contributed by atoms with Gasteiger partial charge in [-0.05, 0) is 53.8 Å². The van der Waals surface area contributed by atoms with Crippen molar-refractivity contribution in [1.29, 1.82) is 0 Å². The fourth-order valence-corrected chi connectivity index (χ4v) is 4.08. The Morgan fingerprint density at radius 2 is 1.74 bits per heavy atom. The van der Waals surface area contributed by atoms with E-state index >= 15 is 0 Å². The molecule has 0 aliphatic heterocycles. The van der Waals surface area contributed by atoms with Crippen molar-refractivity contribution in [2.75, 3.05) is 0 Å². The van der Waals surface area contributed by atoms with Gasteiger partial charge in [-0.15, -0.1) is 11.6 Å². The van der Waals surface area contributed by atoms with E-state index in [0.717, 1.165) is 23.3 Å². The molecule has 8 heteroatoms. The molecule has 2 aromatic carbocycles. The first-order valence-electron chi connectivity index (χ1n) is 8.07. The molecule has 0 amide bonds. The number of rotatable bonds is 4. The summed E-state index contributed by atoms with van der Waals surface area (Å²) in [6.07, 6.45) is -4.93. The van der Waals surface area contributed by atoms with Crippen molar-refractivity contribution in [1.82, 2.24) is 0 Å². The van der Waals surface area contributed by atoms with Crippen molar-refractivity contribution in [3.8, 4) is 0 Å². The second kappa shape index (κ2) is 7.28. The molecule has 0 saturated carbocycles. The third-order valence-corrected chi connectivity index (χ3v) is 5.58. The molecule has 0 spiro atoms. The Bertz CT molecular complexity index is 878. The minimum atomic E-state index is -5.10. The highest BCUT2D eigenvalue weighted by molar-refractivity contribution is 6.34. The molecule has 1 aliphatic carbocycles. The predicted octanol–water partition coefficient (Wildman–Crippen LogP) is 6.24. The highest BCUT2D eigenvalue weighted by atomic mass is 35.5. The van der Waals surface area contributed by atoms with Gasteiger partial charge in [0.15, 0.2) is 11.4 Å². The highest BCUT2D eigenvalue weighted by Crippen LogP contribution is 2.44. The van der Waals surface area contributed by atoms with Crippen molar-refractivity contribution in [2.24, 2.45) is 0 Å². The topological polar surface area (TPSA) is 37.3 Å². The zero-order valence-corrected chi connectivity index (χ0v) is 16.1. The number of carbonyl (C=O) groups is 1. The average molecular weight is 438 g/mol. The molecule has 3 rings (SSSR count). The predicted molar refractivity (Wildman–Crippen MR) is 98.7 cm³/mol. The van der Waals surface area contributed by atoms with Gasteiger partial charge < -0.3 is 5.11 Å². The number of alkyl halides is 4. The Morgan fingerprint density at radius 3 is 2.33 bits per heavy atom. The zero-order chi connectivity index (χ0) is 20.0. The SMILES string of the molecule is O=C(C[C@@](O)(c1cc(Cl)cc(Cl)c1)C(F)(F)F)c1ccc2c(c1)CCC2Cl. The lowest BCUT2D eigenvalue weighted by Gasteiger charge is -2.30. The summed E-state index contributed by atoms with van der Waals surface area (Å²) in [5.74, 6) is -0.841. The first-order chi connectivity index (χ1) is 12.5. The molecule has 1 unspecified atom stereocenters. The molecule has 0 fully saturated rings. The minimum Gasteiger partial charge on any atom is -0.376 e. The number of fused-ring (bicyclic) bond motifs is 1. The molecule has 1 aliphatic rings. The number of aryl methyl sites for hydroxylation is 1. The summed E-state index contributed by atoms with van der Waals surface area (Å²) in [7, 11) is 0. The third-order valence-electron chi connectivity index (χ3n) is 4.69. The lowest BCUT2D eigenvalue weighted by Crippen LogP contribution is -2.44. The van der Waals surface area contributed by atoms with E-state index in [2.05, 4.69) is 0 Å². The van der Waals surface area contributed by atoms with Crippen LogP contribution in [0.4, 0.5) is 13.2 Å². The number of benzene rings is 2. The molecular weight excluding hydrogens is 424 g/mol. The van der Waals surface area contributed by atoms with E-state index < -0.39 is 29.5 Å². The summed E-state index contributed by atoms with van der Waals surface area (Å²) in [5, 5.41) is 10.1. The van der Waals surface area contributed by atoms with E-state index in [-0.39, 0.29) is 21.0 Å². The van der Waals surface area contributed by atoms with Crippen LogP contribution < -0.4 is 0 Å². The molecule has 0 radical (unpaired) electrons. The maximum absolute atomic E-state index is 13.7. The number of ketones is 1. The fraction of sp³-hybridized carbons (Fsp3) is 0.316. The molecule has 0 bridgehead atoms. The van der Waals surface area contributed by atoms with Gasteiger partial charge in [0.2, 0.25) is 0 Å². The first kappa shape index (κ1) is 20.5. The van der Waals surface area contributed by atoms with Gasteiger partial charge in [0, 0.05) is 15.6 Å². The average Bonchev–Trinajstić information content (AvgIpc) is 2.93. The van der Waals surface area contributed by atoms with E-state index in [0.29, 0.717) is 12.8 Å². The number of hydrogen-bond donors (Lipinski definition) is 1. The molecule has 0 aromatic heterocycles. The van der Waals surface area contributed by atoms with Crippen molar-refractivity contribution in [3.63, 3.8) is 0 Å². The summed E-state index contributed by atoms with van der Waals surface area (Å²) < 4.78 is 41.1. The Morgan fingerprint density at radius 1 is 1.11 bits per heavy atom. The van der Waals surface area contributed by atoms with E-state index in [4.69, 9.17) is 34.8 Å². The Hall–Kier alpha value is -1.27. The summed E-state index contributed by atoms with van der Waals surface area (Å²) in [6, 6.07) is 7.78. The maximum atomic E-state index is 13.7. The Labute approximate surface area is 168 Å². The van der Waals surface area contributed by atoms with E-state index in [9.17, 15) is 23.1 Å². The van der Waals surface area contributed by atoms with Crippen molar-refractivity contribution < 1.29 is 23.1 Å². The van der Waals surface area contributed by atoms with Gasteiger partial charge >= 0.3 is 6.18 Å². The molecule has 0 saturated heterocycles. The van der Waals surface area contributed by atoms with Crippen LogP contribution in [0.5, 0.6) is 0 Å². The third kappa shape index (κ3) is 3.97.